The van der Waals surface area contributed by atoms with Gasteiger partial charge in [-0.15, -0.1) is 0 Å². The predicted octanol–water partition coefficient (Wildman–Crippen LogP) is 2.19. The van der Waals surface area contributed by atoms with Crippen molar-refractivity contribution in [2.45, 2.75) is 0 Å². The van der Waals surface area contributed by atoms with Gasteiger partial charge in [0, 0.05) is 11.6 Å². The molecule has 0 spiro atoms. The molecule has 2 aromatic heterocycles. The number of carbonyl (C=O) groups excluding carboxylic acids is 1. The number of rotatable bonds is 1. The molecule has 4 nitrogen and oxygen atoms in total. The summed E-state index contributed by atoms with van der Waals surface area (Å²) in [5, 5.41) is 0.835. The number of halogens is 2. The number of nitrogens with two attached hydrogens (primary N) is 1. The highest BCUT2D eigenvalue weighted by atomic mass is 79.9. The van der Waals surface area contributed by atoms with Crippen molar-refractivity contribution in [3.8, 4) is 0 Å². The molecule has 0 saturated carbocycles. The largest absolute Gasteiger partial charge is 0.365 e. The summed E-state index contributed by atoms with van der Waals surface area (Å²) < 4.78 is 1.11. The maximum absolute atomic E-state index is 11.2. The van der Waals surface area contributed by atoms with Crippen molar-refractivity contribution >= 4 is 48.7 Å². The highest BCUT2D eigenvalue weighted by Crippen LogP contribution is 2.28. The number of pyridine rings is 1. The molecule has 2 rings (SSSR count). The number of carbonyl (C=O) groups is 1. The summed E-state index contributed by atoms with van der Waals surface area (Å²) in [6.45, 7) is 0. The third-order valence-electron chi connectivity index (χ3n) is 1.87. The van der Waals surface area contributed by atoms with Gasteiger partial charge < -0.3 is 10.7 Å². The summed E-state index contributed by atoms with van der Waals surface area (Å²) in [4.78, 5) is 18.2. The molecule has 0 radical (unpaired) electrons. The number of fused-ring (bicyclic) bond motifs is 1. The van der Waals surface area contributed by atoms with Crippen LogP contribution in [-0.2, 0) is 0 Å². The fourth-order valence-corrected chi connectivity index (χ4v) is 2.60. The van der Waals surface area contributed by atoms with Gasteiger partial charge >= 0.3 is 0 Å². The number of aromatic amines is 1. The van der Waals surface area contributed by atoms with Gasteiger partial charge in [0.15, 0.2) is 0 Å². The Labute approximate surface area is 96.1 Å². The van der Waals surface area contributed by atoms with E-state index < -0.39 is 5.91 Å². The molecule has 2 aromatic rings. The van der Waals surface area contributed by atoms with Gasteiger partial charge in [-0.05, 0) is 37.9 Å². The number of amides is 1. The van der Waals surface area contributed by atoms with E-state index in [0.29, 0.717) is 20.3 Å². The lowest BCUT2D eigenvalue weighted by molar-refractivity contribution is 0.100. The summed E-state index contributed by atoms with van der Waals surface area (Å²) in [5.41, 5.74) is 6.30. The van der Waals surface area contributed by atoms with Crippen LogP contribution in [0, 0.1) is 0 Å². The molecule has 2 heterocycles. The van der Waals surface area contributed by atoms with E-state index in [-0.39, 0.29) is 0 Å². The number of aromatic nitrogens is 2. The lowest BCUT2D eigenvalue weighted by Crippen LogP contribution is -2.13. The molecule has 0 aliphatic heterocycles. The normalized spacial score (nSPS) is 10.7. The van der Waals surface area contributed by atoms with Crippen LogP contribution in [0.3, 0.4) is 0 Å². The lowest BCUT2D eigenvalue weighted by atomic mass is 10.2. The van der Waals surface area contributed by atoms with E-state index in [2.05, 4.69) is 41.8 Å². The molecule has 0 aliphatic carbocycles. The molecule has 0 unspecified atom stereocenters. The van der Waals surface area contributed by atoms with Crippen LogP contribution in [0.1, 0.15) is 10.4 Å². The standard InChI is InChI=1S/C8H5Br2N3O/c9-6-3-1-2-12-5(3)4(8(11)14)7(10)13-6/h1-2,12H,(H2,11,14). The maximum atomic E-state index is 11.2. The Morgan fingerprint density at radius 3 is 2.79 bits per heavy atom. The van der Waals surface area contributed by atoms with Crippen molar-refractivity contribution in [3.63, 3.8) is 0 Å². The van der Waals surface area contributed by atoms with Crippen molar-refractivity contribution < 1.29 is 4.79 Å². The summed E-state index contributed by atoms with van der Waals surface area (Å²) in [6, 6.07) is 1.82. The second-order valence-corrected chi connectivity index (χ2v) is 4.20. The lowest BCUT2D eigenvalue weighted by Gasteiger charge is -2.02. The minimum absolute atomic E-state index is 0.369. The number of nitrogens with zero attached hydrogens (tertiary/aromatic N) is 1. The average Bonchev–Trinajstić information content (AvgIpc) is 2.51. The van der Waals surface area contributed by atoms with Gasteiger partial charge in [-0.3, -0.25) is 4.79 Å². The summed E-state index contributed by atoms with van der Waals surface area (Å²) in [7, 11) is 0. The summed E-state index contributed by atoms with van der Waals surface area (Å²) in [5.74, 6) is -0.510. The first-order valence-electron chi connectivity index (χ1n) is 3.73. The zero-order chi connectivity index (χ0) is 10.3. The molecule has 3 N–H and O–H groups in total. The van der Waals surface area contributed by atoms with Crippen LogP contribution in [-0.4, -0.2) is 15.9 Å². The van der Waals surface area contributed by atoms with Crippen molar-refractivity contribution in [1.82, 2.24) is 9.97 Å². The quantitative estimate of drug-likeness (QED) is 0.791. The topological polar surface area (TPSA) is 71.8 Å². The first-order chi connectivity index (χ1) is 6.61. The van der Waals surface area contributed by atoms with Crippen LogP contribution in [0.4, 0.5) is 0 Å². The van der Waals surface area contributed by atoms with Crippen LogP contribution in [0.25, 0.3) is 10.9 Å². The van der Waals surface area contributed by atoms with Crippen molar-refractivity contribution in [1.29, 1.82) is 0 Å². The third-order valence-corrected chi connectivity index (χ3v) is 3.05. The molecule has 0 saturated heterocycles. The molecular formula is C8H5Br2N3O. The van der Waals surface area contributed by atoms with Crippen molar-refractivity contribution in [3.05, 3.63) is 27.0 Å². The molecule has 0 aliphatic rings. The van der Waals surface area contributed by atoms with Gasteiger partial charge in [-0.25, -0.2) is 4.98 Å². The highest BCUT2D eigenvalue weighted by Gasteiger charge is 2.15. The molecule has 0 atom stereocenters. The second kappa shape index (κ2) is 3.36. The van der Waals surface area contributed by atoms with E-state index in [9.17, 15) is 4.79 Å². The first kappa shape index (κ1) is 9.67. The van der Waals surface area contributed by atoms with E-state index in [0.717, 1.165) is 5.39 Å². The molecule has 0 fully saturated rings. The maximum Gasteiger partial charge on any atom is 0.253 e. The molecule has 0 bridgehead atoms. The van der Waals surface area contributed by atoms with Crippen LogP contribution in [0.5, 0.6) is 0 Å². The van der Waals surface area contributed by atoms with E-state index >= 15 is 0 Å². The fraction of sp³-hybridized carbons (Fsp3) is 0. The van der Waals surface area contributed by atoms with Crippen molar-refractivity contribution in [2.75, 3.05) is 0 Å². The van der Waals surface area contributed by atoms with Crippen LogP contribution in [0.2, 0.25) is 0 Å². The number of nitrogens with one attached hydrogen (secondary N) is 1. The molecular weight excluding hydrogens is 314 g/mol. The van der Waals surface area contributed by atoms with Crippen LogP contribution >= 0.6 is 31.9 Å². The molecule has 0 aromatic carbocycles. The Balaban J connectivity index is 2.93. The Kier molecular flexibility index (Phi) is 2.32. The number of primary amides is 1. The monoisotopic (exact) mass is 317 g/mol. The van der Waals surface area contributed by atoms with Gasteiger partial charge in [-0.1, -0.05) is 0 Å². The molecule has 1 amide bonds. The summed E-state index contributed by atoms with van der Waals surface area (Å²) >= 11 is 6.49. The molecule has 6 heteroatoms. The molecule has 72 valence electrons. The average molecular weight is 319 g/mol. The minimum atomic E-state index is -0.510. The van der Waals surface area contributed by atoms with E-state index in [1.54, 1.807) is 6.20 Å². The Hall–Kier alpha value is -0.880. The SMILES string of the molecule is NC(=O)c1c(Br)nc(Br)c2cc[nH]c12. The Bertz CT molecular complexity index is 521. The summed E-state index contributed by atoms with van der Waals surface area (Å²) in [6.07, 6.45) is 1.73. The van der Waals surface area contributed by atoms with E-state index in [1.165, 1.54) is 0 Å². The Morgan fingerprint density at radius 2 is 2.14 bits per heavy atom. The van der Waals surface area contributed by atoms with Gasteiger partial charge in [0.05, 0.1) is 11.1 Å². The highest BCUT2D eigenvalue weighted by molar-refractivity contribution is 9.11. The number of H-pyrrole nitrogens is 1. The van der Waals surface area contributed by atoms with E-state index in [1.807, 2.05) is 6.07 Å². The first-order valence-corrected chi connectivity index (χ1v) is 5.31. The zero-order valence-corrected chi connectivity index (χ0v) is 10.0. The van der Waals surface area contributed by atoms with Crippen molar-refractivity contribution in [2.24, 2.45) is 5.73 Å². The van der Waals surface area contributed by atoms with Gasteiger partial charge in [-0.2, -0.15) is 0 Å². The second-order valence-electron chi connectivity index (χ2n) is 2.70. The fourth-order valence-electron chi connectivity index (χ4n) is 1.28. The third kappa shape index (κ3) is 1.34. The van der Waals surface area contributed by atoms with Crippen LogP contribution in [0.15, 0.2) is 21.5 Å². The minimum Gasteiger partial charge on any atom is -0.365 e. The predicted molar refractivity (Wildman–Crippen MR) is 60.0 cm³/mol. The molecule has 14 heavy (non-hydrogen) atoms. The van der Waals surface area contributed by atoms with Crippen LogP contribution < -0.4 is 5.73 Å². The smallest absolute Gasteiger partial charge is 0.253 e. The van der Waals surface area contributed by atoms with Gasteiger partial charge in [0.2, 0.25) is 0 Å². The number of hydrogen-bond donors (Lipinski definition) is 2. The van der Waals surface area contributed by atoms with Gasteiger partial charge in [0.1, 0.15) is 9.21 Å². The Morgan fingerprint density at radius 1 is 1.43 bits per heavy atom. The van der Waals surface area contributed by atoms with Gasteiger partial charge in [0.25, 0.3) is 5.91 Å². The van der Waals surface area contributed by atoms with E-state index in [4.69, 9.17) is 5.73 Å². The zero-order valence-electron chi connectivity index (χ0n) is 6.84. The number of hydrogen-bond acceptors (Lipinski definition) is 2.